The first-order valence-electron chi connectivity index (χ1n) is 3.08. The second-order valence-corrected chi connectivity index (χ2v) is 2.47. The Labute approximate surface area is 49.5 Å². The van der Waals surface area contributed by atoms with Crippen LogP contribution in [0.4, 0.5) is 0 Å². The molecule has 0 saturated carbocycles. The summed E-state index contributed by atoms with van der Waals surface area (Å²) in [5, 5.41) is 8.80. The van der Waals surface area contributed by atoms with Crippen LogP contribution in [0.3, 0.4) is 0 Å². The van der Waals surface area contributed by atoms with E-state index >= 15 is 0 Å². The molecule has 2 nitrogen and oxygen atoms in total. The Hall–Kier alpha value is -0.0800. The largest absolute Gasteiger partial charge is 0.368 e. The first-order chi connectivity index (χ1) is 3.79. The highest BCUT2D eigenvalue weighted by Crippen LogP contribution is 2.15. The Balaban J connectivity index is 2.19. The van der Waals surface area contributed by atoms with Crippen LogP contribution in [0.1, 0.15) is 19.8 Å². The van der Waals surface area contributed by atoms with Crippen LogP contribution in [-0.2, 0) is 4.74 Å². The van der Waals surface area contributed by atoms with Crippen molar-refractivity contribution in [2.24, 2.45) is 5.92 Å². The minimum Gasteiger partial charge on any atom is -0.368 e. The highest BCUT2D eigenvalue weighted by Gasteiger charge is 2.14. The predicted molar refractivity (Wildman–Crippen MR) is 30.4 cm³/mol. The van der Waals surface area contributed by atoms with E-state index in [1.807, 2.05) is 0 Å². The van der Waals surface area contributed by atoms with Gasteiger partial charge >= 0.3 is 0 Å². The lowest BCUT2D eigenvalue weighted by Crippen LogP contribution is -2.23. The number of hydrogen-bond donors (Lipinski definition) is 1. The van der Waals surface area contributed by atoms with Crippen molar-refractivity contribution in [1.82, 2.24) is 0 Å². The number of hydrogen-bond acceptors (Lipinski definition) is 2. The van der Waals surface area contributed by atoms with E-state index in [2.05, 4.69) is 6.92 Å². The Morgan fingerprint density at radius 3 is 2.62 bits per heavy atom. The zero-order valence-electron chi connectivity index (χ0n) is 5.13. The molecule has 0 radical (unpaired) electrons. The minimum absolute atomic E-state index is 0.480. The molecule has 1 unspecified atom stereocenters. The molecule has 0 aromatic rings. The molecule has 8 heavy (non-hydrogen) atoms. The summed E-state index contributed by atoms with van der Waals surface area (Å²) in [6, 6.07) is 0. The van der Waals surface area contributed by atoms with Crippen molar-refractivity contribution >= 4 is 0 Å². The van der Waals surface area contributed by atoms with Crippen molar-refractivity contribution in [3.63, 3.8) is 0 Å². The van der Waals surface area contributed by atoms with Gasteiger partial charge in [0.05, 0.1) is 6.61 Å². The fourth-order valence-electron chi connectivity index (χ4n) is 0.869. The third-order valence-electron chi connectivity index (χ3n) is 1.48. The van der Waals surface area contributed by atoms with E-state index in [-0.39, 0.29) is 0 Å². The van der Waals surface area contributed by atoms with Gasteiger partial charge in [-0.2, -0.15) is 0 Å². The molecule has 0 spiro atoms. The summed E-state index contributed by atoms with van der Waals surface area (Å²) in [5.41, 5.74) is 0. The number of aliphatic hydroxyl groups is 1. The smallest absolute Gasteiger partial charge is 0.154 e. The number of aliphatic hydroxyl groups excluding tert-OH is 1. The van der Waals surface area contributed by atoms with Crippen molar-refractivity contribution < 1.29 is 9.84 Å². The normalized spacial score (nSPS) is 39.8. The summed E-state index contributed by atoms with van der Waals surface area (Å²) in [4.78, 5) is 0. The van der Waals surface area contributed by atoms with Gasteiger partial charge in [-0.3, -0.25) is 0 Å². The van der Waals surface area contributed by atoms with Gasteiger partial charge in [0.1, 0.15) is 0 Å². The van der Waals surface area contributed by atoms with Crippen LogP contribution in [0, 0.1) is 5.92 Å². The van der Waals surface area contributed by atoms with Gasteiger partial charge in [0.15, 0.2) is 6.29 Å². The van der Waals surface area contributed by atoms with Crippen LogP contribution in [0.2, 0.25) is 0 Å². The summed E-state index contributed by atoms with van der Waals surface area (Å²) < 4.78 is 4.95. The molecule has 0 bridgehead atoms. The fraction of sp³-hybridized carbons (Fsp3) is 1.00. The Morgan fingerprint density at radius 1 is 1.50 bits per heavy atom. The molecule has 1 N–H and O–H groups in total. The van der Waals surface area contributed by atoms with Crippen molar-refractivity contribution in [2.45, 2.75) is 26.1 Å². The van der Waals surface area contributed by atoms with Crippen LogP contribution >= 0.6 is 0 Å². The molecular formula is C6H12O2. The molecule has 1 heterocycles. The van der Waals surface area contributed by atoms with E-state index in [0.717, 1.165) is 19.4 Å². The third kappa shape index (κ3) is 1.46. The second-order valence-electron chi connectivity index (χ2n) is 2.47. The highest BCUT2D eigenvalue weighted by atomic mass is 16.6. The molecular weight excluding hydrogens is 104 g/mol. The summed E-state index contributed by atoms with van der Waals surface area (Å²) in [7, 11) is 0. The molecule has 0 amide bonds. The van der Waals surface area contributed by atoms with Gasteiger partial charge in [-0.05, 0) is 18.8 Å². The molecule has 2 atom stereocenters. The van der Waals surface area contributed by atoms with Crippen molar-refractivity contribution in [2.75, 3.05) is 6.61 Å². The topological polar surface area (TPSA) is 29.5 Å². The molecule has 1 aliphatic rings. The van der Waals surface area contributed by atoms with E-state index in [9.17, 15) is 0 Å². The monoisotopic (exact) mass is 116 g/mol. The number of ether oxygens (including phenoxy) is 1. The van der Waals surface area contributed by atoms with Gasteiger partial charge in [0.2, 0.25) is 0 Å². The van der Waals surface area contributed by atoms with E-state index < -0.39 is 6.29 Å². The standard InChI is InChI=1S/C6H12O2/c1-5-2-3-6(7)8-4-5/h5-7H,2-4H2,1H3/t5-,6?/m1/s1. The minimum atomic E-state index is -0.480. The summed E-state index contributed by atoms with van der Waals surface area (Å²) >= 11 is 0. The molecule has 0 aromatic heterocycles. The molecule has 1 rings (SSSR count). The molecule has 1 aliphatic heterocycles. The van der Waals surface area contributed by atoms with Gasteiger partial charge in [-0.25, -0.2) is 0 Å². The predicted octanol–water partition coefficient (Wildman–Crippen LogP) is 0.751. The first kappa shape index (κ1) is 6.05. The third-order valence-corrected chi connectivity index (χ3v) is 1.48. The quantitative estimate of drug-likeness (QED) is 0.506. The van der Waals surface area contributed by atoms with E-state index in [0.29, 0.717) is 5.92 Å². The SMILES string of the molecule is C[C@@H]1CCC(O)OC1. The lowest BCUT2D eigenvalue weighted by Gasteiger charge is -2.22. The van der Waals surface area contributed by atoms with Crippen LogP contribution in [0.25, 0.3) is 0 Å². The zero-order chi connectivity index (χ0) is 5.98. The lowest BCUT2D eigenvalue weighted by atomic mass is 10.0. The summed E-state index contributed by atoms with van der Waals surface area (Å²) in [6.45, 7) is 2.85. The van der Waals surface area contributed by atoms with Crippen LogP contribution in [0.15, 0.2) is 0 Å². The van der Waals surface area contributed by atoms with Gasteiger partial charge < -0.3 is 9.84 Å². The average molecular weight is 116 g/mol. The second kappa shape index (κ2) is 2.46. The molecule has 0 aromatic carbocycles. The zero-order valence-corrected chi connectivity index (χ0v) is 5.13. The van der Waals surface area contributed by atoms with Crippen molar-refractivity contribution in [1.29, 1.82) is 0 Å². The Morgan fingerprint density at radius 2 is 2.25 bits per heavy atom. The first-order valence-corrected chi connectivity index (χ1v) is 3.08. The maximum Gasteiger partial charge on any atom is 0.154 e. The van der Waals surface area contributed by atoms with Gasteiger partial charge in [-0.15, -0.1) is 0 Å². The molecule has 2 heteroatoms. The van der Waals surface area contributed by atoms with Gasteiger partial charge in [0.25, 0.3) is 0 Å². The number of rotatable bonds is 0. The van der Waals surface area contributed by atoms with E-state index in [1.165, 1.54) is 0 Å². The van der Waals surface area contributed by atoms with E-state index in [4.69, 9.17) is 9.84 Å². The van der Waals surface area contributed by atoms with Gasteiger partial charge in [0, 0.05) is 0 Å². The van der Waals surface area contributed by atoms with Gasteiger partial charge in [-0.1, -0.05) is 6.92 Å². The van der Waals surface area contributed by atoms with Crippen LogP contribution in [-0.4, -0.2) is 18.0 Å². The maximum absolute atomic E-state index is 8.80. The molecule has 1 saturated heterocycles. The van der Waals surface area contributed by atoms with Crippen LogP contribution < -0.4 is 0 Å². The lowest BCUT2D eigenvalue weighted by molar-refractivity contribution is -0.137. The fourth-order valence-corrected chi connectivity index (χ4v) is 0.869. The maximum atomic E-state index is 8.80. The highest BCUT2D eigenvalue weighted by molar-refractivity contribution is 4.58. The van der Waals surface area contributed by atoms with E-state index in [1.54, 1.807) is 0 Å². The molecule has 1 fully saturated rings. The Kier molecular flexibility index (Phi) is 1.86. The average Bonchev–Trinajstić information content (AvgIpc) is 1.77. The molecule has 0 aliphatic carbocycles. The molecule has 48 valence electrons. The summed E-state index contributed by atoms with van der Waals surface area (Å²) in [6.07, 6.45) is 1.42. The van der Waals surface area contributed by atoms with Crippen molar-refractivity contribution in [3.8, 4) is 0 Å². The Bertz CT molecular complexity index is 54.9. The van der Waals surface area contributed by atoms with Crippen molar-refractivity contribution in [3.05, 3.63) is 0 Å². The van der Waals surface area contributed by atoms with Crippen LogP contribution in [0.5, 0.6) is 0 Å². The summed E-state index contributed by atoms with van der Waals surface area (Å²) in [5.74, 6) is 0.637.